The van der Waals surface area contributed by atoms with Crippen molar-refractivity contribution >= 4 is 0 Å². The van der Waals surface area contributed by atoms with Crippen molar-refractivity contribution in [2.75, 3.05) is 7.11 Å². The van der Waals surface area contributed by atoms with Crippen LogP contribution in [0.2, 0.25) is 0 Å². The second-order valence-corrected chi connectivity index (χ2v) is 7.76. The first-order chi connectivity index (χ1) is 15.4. The van der Waals surface area contributed by atoms with Gasteiger partial charge < -0.3 is 19.8 Å². The monoisotopic (exact) mass is 619 g/mol. The number of aliphatic hydroxyl groups is 1. The van der Waals surface area contributed by atoms with Gasteiger partial charge in [-0.1, -0.05) is 33.8 Å². The van der Waals surface area contributed by atoms with E-state index in [0.717, 1.165) is 39.4 Å². The third-order valence-corrected chi connectivity index (χ3v) is 5.05. The van der Waals surface area contributed by atoms with Crippen LogP contribution in [0.25, 0.3) is 22.5 Å². The Labute approximate surface area is 211 Å². The Morgan fingerprint density at radius 2 is 1.30 bits per heavy atom. The second-order valence-electron chi connectivity index (χ2n) is 7.76. The summed E-state index contributed by atoms with van der Waals surface area (Å²) in [6, 6.07) is 22.1. The molecule has 4 nitrogen and oxygen atoms in total. The van der Waals surface area contributed by atoms with Crippen LogP contribution in [0.5, 0.6) is 5.75 Å². The molecule has 0 spiro atoms. The molecule has 5 heteroatoms. The maximum absolute atomic E-state index is 9.08. The van der Waals surface area contributed by atoms with Gasteiger partial charge in [0.05, 0.1) is 13.7 Å². The summed E-state index contributed by atoms with van der Waals surface area (Å²) in [4.78, 5) is 8.64. The molecule has 2 heterocycles. The summed E-state index contributed by atoms with van der Waals surface area (Å²) in [5.74, 6) is 0.818. The van der Waals surface area contributed by atoms with Crippen LogP contribution in [-0.2, 0) is 27.7 Å². The van der Waals surface area contributed by atoms with E-state index in [0.29, 0.717) is 0 Å². The summed E-state index contributed by atoms with van der Waals surface area (Å²) in [6.07, 6.45) is 3.47. The Hall–Kier alpha value is -2.81. The molecule has 0 radical (unpaired) electrons. The Balaban J connectivity index is 0.000000227. The minimum Gasteiger partial charge on any atom is -0.497 e. The van der Waals surface area contributed by atoms with Gasteiger partial charge in [0.2, 0.25) is 0 Å². The van der Waals surface area contributed by atoms with E-state index in [9.17, 15) is 0 Å². The molecule has 1 N–H and O–H groups in total. The number of benzene rings is 2. The Bertz CT molecular complexity index is 1110. The summed E-state index contributed by atoms with van der Waals surface area (Å²) < 4.78 is 5.19. The Morgan fingerprint density at radius 1 is 0.788 bits per heavy atom. The van der Waals surface area contributed by atoms with Crippen molar-refractivity contribution in [1.29, 1.82) is 0 Å². The van der Waals surface area contributed by atoms with Crippen molar-refractivity contribution in [3.8, 4) is 28.3 Å². The van der Waals surface area contributed by atoms with Crippen molar-refractivity contribution in [2.24, 2.45) is 0 Å². The topological polar surface area (TPSA) is 55.2 Å². The smallest absolute Gasteiger partial charge is 0.497 e. The van der Waals surface area contributed by atoms with Gasteiger partial charge in [0.1, 0.15) is 5.75 Å². The van der Waals surface area contributed by atoms with Crippen LogP contribution in [0, 0.1) is 39.8 Å². The van der Waals surface area contributed by atoms with Crippen molar-refractivity contribution in [2.45, 2.75) is 34.3 Å². The Kier molecular flexibility index (Phi) is 9.96. The number of methoxy groups -OCH3 is 1. The molecule has 0 bridgehead atoms. The van der Waals surface area contributed by atoms with E-state index in [1.165, 1.54) is 16.7 Å². The van der Waals surface area contributed by atoms with Crippen molar-refractivity contribution in [1.82, 2.24) is 9.97 Å². The molecule has 0 saturated heterocycles. The molecular weight excluding hydrogens is 591 g/mol. The molecule has 2 aromatic carbocycles. The zero-order chi connectivity index (χ0) is 23.1. The minimum absolute atomic E-state index is 0. The van der Waals surface area contributed by atoms with Gasteiger partial charge >= 0.3 is 21.1 Å². The van der Waals surface area contributed by atoms with E-state index in [2.05, 4.69) is 48.1 Å². The first-order valence-corrected chi connectivity index (χ1v) is 10.5. The molecule has 0 amide bonds. The summed E-state index contributed by atoms with van der Waals surface area (Å²) >= 11 is 0. The maximum Gasteiger partial charge on any atom is 2.00 e. The van der Waals surface area contributed by atoms with Crippen molar-refractivity contribution < 1.29 is 30.9 Å². The quantitative estimate of drug-likeness (QED) is 0.292. The molecule has 0 saturated carbocycles. The van der Waals surface area contributed by atoms with E-state index in [4.69, 9.17) is 9.84 Å². The number of ether oxygens (including phenoxy) is 1. The molecule has 0 aliphatic heterocycles. The fourth-order valence-electron chi connectivity index (χ4n) is 3.45. The van der Waals surface area contributed by atoms with Crippen LogP contribution in [0.3, 0.4) is 0 Å². The molecule has 0 aliphatic carbocycles. The largest absolute Gasteiger partial charge is 2.00 e. The fourth-order valence-corrected chi connectivity index (χ4v) is 3.45. The molecule has 0 fully saturated rings. The van der Waals surface area contributed by atoms with E-state index < -0.39 is 0 Å². The molecule has 4 aromatic rings. The maximum atomic E-state index is 9.08. The van der Waals surface area contributed by atoms with Gasteiger partial charge in [-0.25, -0.2) is 0 Å². The summed E-state index contributed by atoms with van der Waals surface area (Å²) in [5.41, 5.74) is 9.41. The number of pyridine rings is 2. The van der Waals surface area contributed by atoms with Crippen molar-refractivity contribution in [3.05, 3.63) is 101 Å². The average molecular weight is 620 g/mol. The van der Waals surface area contributed by atoms with Gasteiger partial charge in [-0.05, 0) is 35.2 Å². The standard InChI is InChI=1S/2C14H14NO.Pt/c1-10-4-5-13(11(2)8-10)14-9-12(16-3)6-7-15-14;1-10-3-4-13(11(2)7-10)14-8-12(9-16)5-6-15-14;/h4,6-9H,1-3H3;3,5-8,16H,9H2,1-2H3;/q2*-1;+2. The summed E-state index contributed by atoms with van der Waals surface area (Å²) in [5, 5.41) is 9.08. The van der Waals surface area contributed by atoms with E-state index in [1.54, 1.807) is 19.5 Å². The normalized spacial score (nSPS) is 10.0. The number of aromatic nitrogens is 2. The van der Waals surface area contributed by atoms with Gasteiger partial charge in [-0.15, -0.1) is 69.8 Å². The molecule has 33 heavy (non-hydrogen) atoms. The van der Waals surface area contributed by atoms with Gasteiger partial charge in [-0.3, -0.25) is 0 Å². The number of hydrogen-bond donors (Lipinski definition) is 1. The van der Waals surface area contributed by atoms with Crippen LogP contribution in [-0.4, -0.2) is 22.2 Å². The molecule has 172 valence electrons. The number of hydrogen-bond acceptors (Lipinski definition) is 4. The third-order valence-electron chi connectivity index (χ3n) is 5.05. The first kappa shape index (κ1) is 26.4. The van der Waals surface area contributed by atoms with Crippen LogP contribution in [0.4, 0.5) is 0 Å². The zero-order valence-corrected chi connectivity index (χ0v) is 21.8. The van der Waals surface area contributed by atoms with E-state index >= 15 is 0 Å². The predicted molar refractivity (Wildman–Crippen MR) is 128 cm³/mol. The summed E-state index contributed by atoms with van der Waals surface area (Å²) in [7, 11) is 1.66. The number of rotatable bonds is 4. The van der Waals surface area contributed by atoms with Crippen LogP contribution in [0.15, 0.2) is 60.9 Å². The summed E-state index contributed by atoms with van der Waals surface area (Å²) in [6.45, 7) is 8.27. The predicted octanol–water partition coefficient (Wildman–Crippen LogP) is 5.83. The first-order valence-electron chi connectivity index (χ1n) is 10.5. The number of nitrogens with zero attached hydrogens (tertiary/aromatic N) is 2. The minimum atomic E-state index is 0. The van der Waals surface area contributed by atoms with Crippen LogP contribution in [0.1, 0.15) is 27.8 Å². The van der Waals surface area contributed by atoms with E-state index in [-0.39, 0.29) is 27.7 Å². The average Bonchev–Trinajstić information content (AvgIpc) is 2.79. The SMILES string of the molecule is COc1ccnc(-c2[c-]cc(C)cc2C)c1.Cc1c[c-]c(-c2cc(CO)ccn2)c(C)c1.[Pt+2]. The number of aliphatic hydroxyl groups excluding tert-OH is 1. The van der Waals surface area contributed by atoms with Gasteiger partial charge in [0.25, 0.3) is 0 Å². The molecule has 2 aromatic heterocycles. The fraction of sp³-hybridized carbons (Fsp3) is 0.214. The van der Waals surface area contributed by atoms with Crippen LogP contribution >= 0.6 is 0 Å². The van der Waals surface area contributed by atoms with Crippen LogP contribution < -0.4 is 4.74 Å². The molecule has 0 unspecified atom stereocenters. The molecule has 4 rings (SSSR count). The van der Waals surface area contributed by atoms with E-state index in [1.807, 2.05) is 50.2 Å². The molecular formula is C28H28N2O2Pt. The van der Waals surface area contributed by atoms with Gasteiger partial charge in [0.15, 0.2) is 0 Å². The zero-order valence-electron chi connectivity index (χ0n) is 19.5. The Morgan fingerprint density at radius 3 is 1.79 bits per heavy atom. The van der Waals surface area contributed by atoms with Gasteiger partial charge in [0, 0.05) is 12.4 Å². The van der Waals surface area contributed by atoms with Crippen molar-refractivity contribution in [3.63, 3.8) is 0 Å². The van der Waals surface area contributed by atoms with Gasteiger partial charge in [-0.2, -0.15) is 0 Å². The molecule has 0 aliphatic rings. The number of aryl methyl sites for hydroxylation is 4. The second kappa shape index (κ2) is 12.4. The molecule has 0 atom stereocenters. The third kappa shape index (κ3) is 7.08.